The van der Waals surface area contributed by atoms with E-state index in [-0.39, 0.29) is 0 Å². The summed E-state index contributed by atoms with van der Waals surface area (Å²) in [6.07, 6.45) is 2.40. The van der Waals surface area contributed by atoms with Gasteiger partial charge in [0.15, 0.2) is 11.8 Å². The lowest BCUT2D eigenvalue weighted by Gasteiger charge is -2.16. The Morgan fingerprint density at radius 2 is 2.40 bits per heavy atom. The van der Waals surface area contributed by atoms with Crippen molar-refractivity contribution in [3.05, 3.63) is 11.7 Å². The molecule has 0 aromatic carbocycles. The average Bonchev–Trinajstić information content (AvgIpc) is 2.98. The van der Waals surface area contributed by atoms with Gasteiger partial charge in [0.05, 0.1) is 0 Å². The van der Waals surface area contributed by atoms with Crippen molar-refractivity contribution < 1.29 is 4.52 Å². The molecule has 1 aromatic heterocycles. The molecule has 2 N–H and O–H groups in total. The van der Waals surface area contributed by atoms with Gasteiger partial charge in [0.25, 0.3) is 0 Å². The van der Waals surface area contributed by atoms with Crippen molar-refractivity contribution in [2.75, 3.05) is 7.05 Å². The minimum atomic E-state index is 0.351. The Morgan fingerprint density at radius 3 is 2.93 bits per heavy atom. The largest absolute Gasteiger partial charge is 0.370 e. The second-order valence-electron chi connectivity index (χ2n) is 3.75. The van der Waals surface area contributed by atoms with Gasteiger partial charge >= 0.3 is 0 Å². The third-order valence-electron chi connectivity index (χ3n) is 2.40. The zero-order chi connectivity index (χ0) is 10.8. The molecule has 1 saturated carbocycles. The van der Waals surface area contributed by atoms with Crippen LogP contribution in [-0.4, -0.2) is 34.1 Å². The highest BCUT2D eigenvalue weighted by atomic mass is 16.5. The van der Waals surface area contributed by atoms with Gasteiger partial charge < -0.3 is 15.2 Å². The molecule has 82 valence electrons. The maximum Gasteiger partial charge on any atom is 0.248 e. The molecule has 1 heterocycles. The summed E-state index contributed by atoms with van der Waals surface area (Å²) in [7, 11) is 1.95. The van der Waals surface area contributed by atoms with Crippen LogP contribution in [0.4, 0.5) is 0 Å². The molecule has 0 aliphatic heterocycles. The van der Waals surface area contributed by atoms with Gasteiger partial charge in [0, 0.05) is 13.1 Å². The van der Waals surface area contributed by atoms with E-state index in [1.807, 2.05) is 11.9 Å². The summed E-state index contributed by atoms with van der Waals surface area (Å²) in [6, 6.07) is 0.568. The van der Waals surface area contributed by atoms with Crippen LogP contribution >= 0.6 is 0 Å². The molecule has 2 rings (SSSR count). The van der Waals surface area contributed by atoms with Crippen molar-refractivity contribution >= 4 is 5.96 Å². The van der Waals surface area contributed by atoms with Gasteiger partial charge in [-0.25, -0.2) is 4.99 Å². The highest BCUT2D eigenvalue weighted by Crippen LogP contribution is 2.24. The van der Waals surface area contributed by atoms with Gasteiger partial charge in [0.1, 0.15) is 6.54 Å². The van der Waals surface area contributed by atoms with Crippen LogP contribution in [0, 0.1) is 6.92 Å². The minimum absolute atomic E-state index is 0.351. The van der Waals surface area contributed by atoms with E-state index in [1.165, 1.54) is 12.8 Å². The van der Waals surface area contributed by atoms with Crippen LogP contribution in [0.1, 0.15) is 24.6 Å². The molecule has 0 spiro atoms. The molecule has 1 aliphatic carbocycles. The number of aliphatic imine (C=N–C) groups is 1. The maximum atomic E-state index is 5.80. The third kappa shape index (κ3) is 2.45. The number of hydrogen-bond donors (Lipinski definition) is 1. The molecular formula is C9H15N5O. The molecule has 0 bridgehead atoms. The first-order chi connectivity index (χ1) is 7.16. The number of guanidine groups is 1. The van der Waals surface area contributed by atoms with Crippen LogP contribution in [0.5, 0.6) is 0 Å². The van der Waals surface area contributed by atoms with Gasteiger partial charge in [-0.3, -0.25) is 0 Å². The average molecular weight is 209 g/mol. The molecule has 1 aliphatic rings. The number of aryl methyl sites for hydroxylation is 1. The lowest BCUT2D eigenvalue weighted by Crippen LogP contribution is -2.35. The number of rotatable bonds is 3. The number of hydrogen-bond acceptors (Lipinski definition) is 4. The fourth-order valence-corrected chi connectivity index (χ4v) is 1.31. The van der Waals surface area contributed by atoms with E-state index in [4.69, 9.17) is 10.3 Å². The van der Waals surface area contributed by atoms with E-state index >= 15 is 0 Å². The van der Waals surface area contributed by atoms with Gasteiger partial charge in [-0.1, -0.05) is 5.16 Å². The zero-order valence-corrected chi connectivity index (χ0v) is 8.97. The molecule has 6 nitrogen and oxygen atoms in total. The van der Waals surface area contributed by atoms with E-state index in [0.717, 1.165) is 0 Å². The molecule has 0 unspecified atom stereocenters. The molecule has 0 amide bonds. The first kappa shape index (κ1) is 9.95. The Kier molecular flexibility index (Phi) is 2.57. The second kappa shape index (κ2) is 3.88. The predicted octanol–water partition coefficient (Wildman–Crippen LogP) is 0.287. The van der Waals surface area contributed by atoms with Crippen molar-refractivity contribution in [1.82, 2.24) is 15.0 Å². The minimum Gasteiger partial charge on any atom is -0.370 e. The highest BCUT2D eigenvalue weighted by molar-refractivity contribution is 5.78. The quantitative estimate of drug-likeness (QED) is 0.571. The number of aromatic nitrogens is 2. The van der Waals surface area contributed by atoms with E-state index < -0.39 is 0 Å². The molecule has 6 heteroatoms. The first-order valence-corrected chi connectivity index (χ1v) is 4.99. The lowest BCUT2D eigenvalue weighted by molar-refractivity contribution is 0.375. The standard InChI is InChI=1S/C9H15N5O/c1-6-12-8(15-13-6)5-11-9(10)14(2)7-3-4-7/h7H,3-5H2,1-2H3,(H2,10,11). The number of nitrogens with zero attached hydrogens (tertiary/aromatic N) is 4. The van der Waals surface area contributed by atoms with Crippen molar-refractivity contribution in [2.45, 2.75) is 32.4 Å². The Balaban J connectivity index is 1.92. The van der Waals surface area contributed by atoms with Crippen LogP contribution in [0.3, 0.4) is 0 Å². The molecule has 0 saturated heterocycles. The van der Waals surface area contributed by atoms with Crippen molar-refractivity contribution in [2.24, 2.45) is 10.7 Å². The van der Waals surface area contributed by atoms with Gasteiger partial charge in [0.2, 0.25) is 5.89 Å². The Morgan fingerprint density at radius 1 is 1.67 bits per heavy atom. The second-order valence-corrected chi connectivity index (χ2v) is 3.75. The topological polar surface area (TPSA) is 80.5 Å². The number of nitrogens with two attached hydrogens (primary N) is 1. The van der Waals surface area contributed by atoms with Crippen LogP contribution in [0.2, 0.25) is 0 Å². The molecule has 0 atom stereocenters. The van der Waals surface area contributed by atoms with E-state index in [9.17, 15) is 0 Å². The molecule has 1 fully saturated rings. The van der Waals surface area contributed by atoms with Gasteiger partial charge in [-0.15, -0.1) is 0 Å². The normalized spacial score (nSPS) is 16.8. The van der Waals surface area contributed by atoms with Crippen molar-refractivity contribution in [3.63, 3.8) is 0 Å². The van der Waals surface area contributed by atoms with Crippen molar-refractivity contribution in [1.29, 1.82) is 0 Å². The van der Waals surface area contributed by atoms with Crippen molar-refractivity contribution in [3.8, 4) is 0 Å². The smallest absolute Gasteiger partial charge is 0.248 e. The zero-order valence-electron chi connectivity index (χ0n) is 8.97. The predicted molar refractivity (Wildman–Crippen MR) is 55.1 cm³/mol. The molecule has 1 aromatic rings. The summed E-state index contributed by atoms with van der Waals surface area (Å²) in [4.78, 5) is 10.2. The SMILES string of the molecule is Cc1noc(CN=C(N)N(C)C2CC2)n1. The molecule has 0 radical (unpaired) electrons. The van der Waals surface area contributed by atoms with Crippen LogP contribution in [-0.2, 0) is 6.54 Å². The summed E-state index contributed by atoms with van der Waals surface area (Å²) < 4.78 is 4.93. The third-order valence-corrected chi connectivity index (χ3v) is 2.40. The summed E-state index contributed by atoms with van der Waals surface area (Å²) in [5.74, 6) is 1.65. The Bertz CT molecular complexity index is 368. The lowest BCUT2D eigenvalue weighted by atomic mass is 10.6. The van der Waals surface area contributed by atoms with Crippen LogP contribution < -0.4 is 5.73 Å². The molecular weight excluding hydrogens is 194 g/mol. The van der Waals surface area contributed by atoms with Crippen LogP contribution in [0.15, 0.2) is 9.52 Å². The summed E-state index contributed by atoms with van der Waals surface area (Å²) in [5.41, 5.74) is 5.80. The fraction of sp³-hybridized carbons (Fsp3) is 0.667. The first-order valence-electron chi connectivity index (χ1n) is 4.99. The molecule has 15 heavy (non-hydrogen) atoms. The Hall–Kier alpha value is -1.59. The van der Waals surface area contributed by atoms with Gasteiger partial charge in [-0.2, -0.15) is 4.98 Å². The van der Waals surface area contributed by atoms with Gasteiger partial charge in [-0.05, 0) is 19.8 Å². The Labute approximate surface area is 88.2 Å². The van der Waals surface area contributed by atoms with E-state index in [0.29, 0.717) is 30.3 Å². The fourth-order valence-electron chi connectivity index (χ4n) is 1.31. The maximum absolute atomic E-state index is 5.80. The van der Waals surface area contributed by atoms with Crippen LogP contribution in [0.25, 0.3) is 0 Å². The monoisotopic (exact) mass is 209 g/mol. The summed E-state index contributed by atoms with van der Waals surface area (Å²) in [6.45, 7) is 2.13. The summed E-state index contributed by atoms with van der Waals surface area (Å²) in [5, 5.41) is 3.68. The highest BCUT2D eigenvalue weighted by Gasteiger charge is 2.27. The summed E-state index contributed by atoms with van der Waals surface area (Å²) >= 11 is 0. The van der Waals surface area contributed by atoms with E-state index in [1.54, 1.807) is 6.92 Å². The van der Waals surface area contributed by atoms with E-state index in [2.05, 4.69) is 15.1 Å².